The third-order valence-corrected chi connectivity index (χ3v) is 4.60. The Morgan fingerprint density at radius 1 is 1.39 bits per heavy atom. The van der Waals surface area contributed by atoms with Crippen LogP contribution < -0.4 is 4.90 Å². The van der Waals surface area contributed by atoms with Crippen LogP contribution >= 0.6 is 11.3 Å². The van der Waals surface area contributed by atoms with E-state index < -0.39 is 0 Å². The van der Waals surface area contributed by atoms with Crippen LogP contribution in [0.25, 0.3) is 10.2 Å². The van der Waals surface area contributed by atoms with Crippen molar-refractivity contribution in [3.63, 3.8) is 0 Å². The molecule has 1 aliphatic heterocycles. The van der Waals surface area contributed by atoms with Crippen molar-refractivity contribution in [1.29, 1.82) is 0 Å². The molecule has 1 N–H and O–H groups in total. The van der Waals surface area contributed by atoms with Gasteiger partial charge in [-0.3, -0.25) is 0 Å². The van der Waals surface area contributed by atoms with Gasteiger partial charge in [0.15, 0.2) is 5.13 Å². The van der Waals surface area contributed by atoms with Crippen molar-refractivity contribution >= 4 is 26.7 Å². The molecule has 1 aromatic carbocycles. The van der Waals surface area contributed by atoms with Gasteiger partial charge in [-0.15, -0.1) is 0 Å². The van der Waals surface area contributed by atoms with Gasteiger partial charge in [0.05, 0.1) is 10.2 Å². The highest BCUT2D eigenvalue weighted by Gasteiger charge is 2.26. The molecule has 0 saturated carbocycles. The maximum Gasteiger partial charge on any atom is 0.187 e. The zero-order chi connectivity index (χ0) is 12.5. The van der Waals surface area contributed by atoms with E-state index in [4.69, 9.17) is 0 Å². The van der Waals surface area contributed by atoms with Gasteiger partial charge < -0.3 is 10.1 Å². The van der Waals surface area contributed by atoms with Gasteiger partial charge in [-0.25, -0.2) is 4.98 Å². The van der Waals surface area contributed by atoms with Crippen molar-refractivity contribution in [2.75, 3.05) is 18.5 Å². The number of piperidine rings is 1. The summed E-state index contributed by atoms with van der Waals surface area (Å²) in [4.78, 5) is 6.72. The summed E-state index contributed by atoms with van der Waals surface area (Å²) in [5, 5.41) is 12.4. The minimum atomic E-state index is 0.0549. The lowest BCUT2D eigenvalue weighted by Crippen LogP contribution is -2.47. The van der Waals surface area contributed by atoms with E-state index in [1.807, 2.05) is 25.2 Å². The Bertz CT molecular complexity index is 509. The standard InChI is InChI=1S/C13H17N3OS/c1-15(12-8-4-5-9-16(12)17)13-14-10-6-2-3-7-11(10)18-13/h2-3,6-7,12,17H,4-5,8-9H2,1H3. The van der Waals surface area contributed by atoms with Crippen LogP contribution in [-0.2, 0) is 0 Å². The average molecular weight is 263 g/mol. The van der Waals surface area contributed by atoms with Gasteiger partial charge in [0, 0.05) is 13.6 Å². The number of fused-ring (bicyclic) bond motifs is 1. The quantitative estimate of drug-likeness (QED) is 0.904. The molecular weight excluding hydrogens is 246 g/mol. The normalized spacial score (nSPS) is 21.3. The summed E-state index contributed by atoms with van der Waals surface area (Å²) in [7, 11) is 2.01. The molecule has 1 unspecified atom stereocenters. The fraction of sp³-hybridized carbons (Fsp3) is 0.462. The second-order valence-electron chi connectivity index (χ2n) is 4.71. The van der Waals surface area contributed by atoms with Crippen molar-refractivity contribution in [3.05, 3.63) is 24.3 Å². The van der Waals surface area contributed by atoms with E-state index in [1.165, 1.54) is 9.76 Å². The first-order valence-corrected chi connectivity index (χ1v) is 7.11. The molecule has 0 spiro atoms. The second-order valence-corrected chi connectivity index (χ2v) is 5.72. The average Bonchev–Trinajstić information content (AvgIpc) is 2.82. The third kappa shape index (κ3) is 2.09. The first-order chi connectivity index (χ1) is 8.75. The number of thiazole rings is 1. The molecule has 5 heteroatoms. The van der Waals surface area contributed by atoms with E-state index in [9.17, 15) is 5.21 Å². The second kappa shape index (κ2) is 4.84. The summed E-state index contributed by atoms with van der Waals surface area (Å²) in [6, 6.07) is 8.15. The number of hydrogen-bond acceptors (Lipinski definition) is 5. The molecule has 4 nitrogen and oxygen atoms in total. The highest BCUT2D eigenvalue weighted by atomic mass is 32.1. The molecule has 2 aromatic rings. The van der Waals surface area contributed by atoms with Gasteiger partial charge in [-0.1, -0.05) is 23.5 Å². The number of hydroxylamine groups is 2. The Kier molecular flexibility index (Phi) is 3.20. The van der Waals surface area contributed by atoms with Gasteiger partial charge in [0.25, 0.3) is 0 Å². The monoisotopic (exact) mass is 263 g/mol. The van der Waals surface area contributed by atoms with Crippen molar-refractivity contribution in [2.24, 2.45) is 0 Å². The lowest BCUT2D eigenvalue weighted by molar-refractivity contribution is -0.140. The lowest BCUT2D eigenvalue weighted by atomic mass is 10.1. The van der Waals surface area contributed by atoms with Crippen molar-refractivity contribution < 1.29 is 5.21 Å². The Morgan fingerprint density at radius 2 is 2.22 bits per heavy atom. The van der Waals surface area contributed by atoms with Crippen molar-refractivity contribution in [3.8, 4) is 0 Å². The van der Waals surface area contributed by atoms with Crippen molar-refractivity contribution in [2.45, 2.75) is 25.4 Å². The maximum absolute atomic E-state index is 9.94. The zero-order valence-corrected chi connectivity index (χ0v) is 11.2. The molecule has 96 valence electrons. The lowest BCUT2D eigenvalue weighted by Gasteiger charge is -2.36. The van der Waals surface area contributed by atoms with Crippen LogP contribution in [0.15, 0.2) is 24.3 Å². The molecule has 1 aliphatic rings. The minimum absolute atomic E-state index is 0.0549. The Labute approximate surface area is 110 Å². The Balaban J connectivity index is 1.88. The summed E-state index contributed by atoms with van der Waals surface area (Å²) in [5.74, 6) is 0. The molecule has 1 saturated heterocycles. The highest BCUT2D eigenvalue weighted by molar-refractivity contribution is 7.22. The van der Waals surface area contributed by atoms with Crippen LogP contribution in [0, 0.1) is 0 Å². The van der Waals surface area contributed by atoms with E-state index in [0.717, 1.165) is 36.5 Å². The van der Waals surface area contributed by atoms with E-state index >= 15 is 0 Å². The van der Waals surface area contributed by atoms with Gasteiger partial charge in [0.1, 0.15) is 6.17 Å². The first-order valence-electron chi connectivity index (χ1n) is 6.29. The summed E-state index contributed by atoms with van der Waals surface area (Å²) in [6.45, 7) is 0.750. The van der Waals surface area contributed by atoms with Gasteiger partial charge in [-0.05, 0) is 31.4 Å². The number of hydrogen-bond donors (Lipinski definition) is 1. The predicted octanol–water partition coefficient (Wildman–Crippen LogP) is 2.93. The zero-order valence-electron chi connectivity index (χ0n) is 10.4. The van der Waals surface area contributed by atoms with Crippen LogP contribution in [0.4, 0.5) is 5.13 Å². The van der Waals surface area contributed by atoms with Crippen LogP contribution in [0.3, 0.4) is 0 Å². The van der Waals surface area contributed by atoms with Crippen molar-refractivity contribution in [1.82, 2.24) is 10.0 Å². The molecular formula is C13H17N3OS. The fourth-order valence-electron chi connectivity index (χ4n) is 2.43. The molecule has 2 heterocycles. The smallest absolute Gasteiger partial charge is 0.187 e. The van der Waals surface area contributed by atoms with E-state index in [-0.39, 0.29) is 6.17 Å². The van der Waals surface area contributed by atoms with Gasteiger partial charge in [0.2, 0.25) is 0 Å². The maximum atomic E-state index is 9.94. The summed E-state index contributed by atoms with van der Waals surface area (Å²) in [6.07, 6.45) is 3.28. The van der Waals surface area contributed by atoms with Crippen LogP contribution in [0.2, 0.25) is 0 Å². The molecule has 0 aliphatic carbocycles. The highest BCUT2D eigenvalue weighted by Crippen LogP contribution is 2.31. The van der Waals surface area contributed by atoms with Crippen LogP contribution in [0.5, 0.6) is 0 Å². The first kappa shape index (κ1) is 11.9. The fourth-order valence-corrected chi connectivity index (χ4v) is 3.40. The van der Waals surface area contributed by atoms with E-state index in [1.54, 1.807) is 11.3 Å². The molecule has 1 atom stereocenters. The largest absolute Gasteiger partial charge is 0.333 e. The molecule has 1 aromatic heterocycles. The minimum Gasteiger partial charge on any atom is -0.333 e. The number of aromatic nitrogens is 1. The topological polar surface area (TPSA) is 39.6 Å². The molecule has 3 rings (SSSR count). The van der Waals surface area contributed by atoms with E-state index in [0.29, 0.717) is 0 Å². The number of para-hydroxylation sites is 1. The molecule has 0 bridgehead atoms. The Morgan fingerprint density at radius 3 is 3.00 bits per heavy atom. The molecule has 18 heavy (non-hydrogen) atoms. The molecule has 0 radical (unpaired) electrons. The number of rotatable bonds is 2. The van der Waals surface area contributed by atoms with Gasteiger partial charge in [-0.2, -0.15) is 5.06 Å². The number of nitrogens with zero attached hydrogens (tertiary/aromatic N) is 3. The molecule has 0 amide bonds. The summed E-state index contributed by atoms with van der Waals surface area (Å²) >= 11 is 1.68. The number of benzene rings is 1. The van der Waals surface area contributed by atoms with Crippen LogP contribution in [-0.4, -0.2) is 35.0 Å². The third-order valence-electron chi connectivity index (χ3n) is 3.47. The Hall–Kier alpha value is -1.17. The van der Waals surface area contributed by atoms with Gasteiger partial charge >= 0.3 is 0 Å². The molecule has 1 fully saturated rings. The van der Waals surface area contributed by atoms with Crippen LogP contribution in [0.1, 0.15) is 19.3 Å². The SMILES string of the molecule is CN(c1nc2ccccc2s1)C1CCCCN1O. The van der Waals surface area contributed by atoms with E-state index in [2.05, 4.69) is 16.0 Å². The number of anilines is 1. The summed E-state index contributed by atoms with van der Waals surface area (Å²) < 4.78 is 1.19. The summed E-state index contributed by atoms with van der Waals surface area (Å²) in [5.41, 5.74) is 1.03. The predicted molar refractivity (Wildman–Crippen MR) is 74.2 cm³/mol.